The first-order valence-corrected chi connectivity index (χ1v) is 7.13. The highest BCUT2D eigenvalue weighted by Gasteiger charge is 2.44. The first-order valence-electron chi connectivity index (χ1n) is 7.13. The van der Waals surface area contributed by atoms with Crippen LogP contribution in [0.1, 0.15) is 20.8 Å². The minimum absolute atomic E-state index is 0.0116. The average molecular weight is 276 g/mol. The van der Waals surface area contributed by atoms with Crippen molar-refractivity contribution in [1.29, 1.82) is 0 Å². The molecule has 0 atom stereocenters. The second-order valence-electron chi connectivity index (χ2n) is 6.35. The Kier molecular flexibility index (Phi) is 3.71. The molecule has 1 aromatic heterocycles. The predicted octanol–water partition coefficient (Wildman–Crippen LogP) is 1.03. The van der Waals surface area contributed by atoms with Crippen molar-refractivity contribution in [1.82, 2.24) is 4.98 Å². The molecule has 6 heteroatoms. The van der Waals surface area contributed by atoms with Gasteiger partial charge in [-0.15, -0.1) is 0 Å². The zero-order valence-corrected chi connectivity index (χ0v) is 12.3. The lowest BCUT2D eigenvalue weighted by molar-refractivity contribution is -0.167. The molecule has 2 aliphatic rings. The summed E-state index contributed by atoms with van der Waals surface area (Å²) in [6.45, 7) is 9.65. The van der Waals surface area contributed by atoms with Gasteiger partial charge in [0.2, 0.25) is 0 Å². The molecule has 0 N–H and O–H groups in total. The number of aromatic nitrogens is 1. The maximum Gasteiger partial charge on any atom is 0.499 e. The quantitative estimate of drug-likeness (QED) is 0.755. The molecule has 0 spiro atoms. The van der Waals surface area contributed by atoms with Gasteiger partial charge in [0.15, 0.2) is 0 Å². The van der Waals surface area contributed by atoms with Gasteiger partial charge in [-0.25, -0.2) is 4.98 Å². The largest absolute Gasteiger partial charge is 0.499 e. The first kappa shape index (κ1) is 13.9. The van der Waals surface area contributed by atoms with E-state index in [2.05, 4.69) is 30.7 Å². The summed E-state index contributed by atoms with van der Waals surface area (Å²) in [5.74, 6) is 0.990. The highest BCUT2D eigenvalue weighted by Crippen LogP contribution is 2.30. The number of anilines is 1. The van der Waals surface area contributed by atoms with E-state index in [1.54, 1.807) is 0 Å². The molecule has 108 valence electrons. The number of hydrogen-bond acceptors (Lipinski definition) is 5. The van der Waals surface area contributed by atoms with Gasteiger partial charge >= 0.3 is 7.12 Å². The number of rotatable bonds is 2. The van der Waals surface area contributed by atoms with E-state index in [1.165, 1.54) is 0 Å². The monoisotopic (exact) mass is 276 g/mol. The number of pyridine rings is 1. The molecule has 0 aromatic carbocycles. The summed E-state index contributed by atoms with van der Waals surface area (Å²) in [7, 11) is -0.273. The highest BCUT2D eigenvalue weighted by molar-refractivity contribution is 6.62. The van der Waals surface area contributed by atoms with Crippen LogP contribution in [0.2, 0.25) is 0 Å². The van der Waals surface area contributed by atoms with Crippen molar-refractivity contribution in [2.24, 2.45) is 5.41 Å². The third-order valence-corrected chi connectivity index (χ3v) is 3.58. The van der Waals surface area contributed by atoms with E-state index in [0.29, 0.717) is 0 Å². The maximum absolute atomic E-state index is 5.78. The van der Waals surface area contributed by atoms with Crippen LogP contribution in [0.5, 0.6) is 0 Å². The second kappa shape index (κ2) is 5.35. The number of ether oxygens (including phenoxy) is 1. The van der Waals surface area contributed by atoms with Crippen molar-refractivity contribution in [3.8, 4) is 0 Å². The van der Waals surface area contributed by atoms with Gasteiger partial charge in [-0.2, -0.15) is 0 Å². The number of morpholine rings is 1. The molecule has 0 bridgehead atoms. The van der Waals surface area contributed by atoms with E-state index in [4.69, 9.17) is 14.0 Å². The normalized spacial score (nSPS) is 20.9. The van der Waals surface area contributed by atoms with Gasteiger partial charge in [0.05, 0.1) is 13.2 Å². The van der Waals surface area contributed by atoms with E-state index in [1.807, 2.05) is 18.3 Å². The Bertz CT molecular complexity index is 448. The molecule has 3 heterocycles. The molecule has 3 rings (SSSR count). The van der Waals surface area contributed by atoms with Gasteiger partial charge in [-0.1, -0.05) is 26.8 Å². The van der Waals surface area contributed by atoms with Crippen LogP contribution in [0.25, 0.3) is 0 Å². The van der Waals surface area contributed by atoms with Crippen molar-refractivity contribution < 1.29 is 14.0 Å². The van der Waals surface area contributed by atoms with Crippen LogP contribution in [0, 0.1) is 5.41 Å². The second-order valence-corrected chi connectivity index (χ2v) is 6.35. The Balaban J connectivity index is 1.60. The summed E-state index contributed by atoms with van der Waals surface area (Å²) in [6.07, 6.45) is 1.71. The molecule has 0 radical (unpaired) electrons. The predicted molar refractivity (Wildman–Crippen MR) is 78.1 cm³/mol. The molecule has 0 unspecified atom stereocenters. The standard InChI is InChI=1S/C14H21BN2O3/c1-14(2,3)13-19-15(20-13)11-4-5-12(16-10-11)17-6-8-18-9-7-17/h4-5,10,13H,6-9H2,1-3H3. The van der Waals surface area contributed by atoms with Crippen LogP contribution in [0.3, 0.4) is 0 Å². The smallest absolute Gasteiger partial charge is 0.382 e. The van der Waals surface area contributed by atoms with E-state index < -0.39 is 0 Å². The van der Waals surface area contributed by atoms with Crippen molar-refractivity contribution in [2.75, 3.05) is 31.2 Å². The molecule has 5 nitrogen and oxygen atoms in total. The first-order chi connectivity index (χ1) is 9.54. The fourth-order valence-corrected chi connectivity index (χ4v) is 2.32. The van der Waals surface area contributed by atoms with E-state index in [-0.39, 0.29) is 18.8 Å². The van der Waals surface area contributed by atoms with Crippen LogP contribution >= 0.6 is 0 Å². The summed E-state index contributed by atoms with van der Waals surface area (Å²) >= 11 is 0. The van der Waals surface area contributed by atoms with Crippen LogP contribution in [-0.4, -0.2) is 44.7 Å². The minimum atomic E-state index is -0.273. The molecule has 2 saturated heterocycles. The Hall–Kier alpha value is -1.11. The summed E-state index contributed by atoms with van der Waals surface area (Å²) in [5.41, 5.74) is 0.986. The summed E-state index contributed by atoms with van der Waals surface area (Å²) < 4.78 is 16.9. The third-order valence-electron chi connectivity index (χ3n) is 3.58. The van der Waals surface area contributed by atoms with E-state index in [0.717, 1.165) is 37.6 Å². The Morgan fingerprint density at radius 1 is 1.20 bits per heavy atom. The van der Waals surface area contributed by atoms with Gasteiger partial charge in [-0.3, -0.25) is 0 Å². The van der Waals surface area contributed by atoms with Crippen LogP contribution in [0.15, 0.2) is 18.3 Å². The average Bonchev–Trinajstić information content (AvgIpc) is 2.37. The van der Waals surface area contributed by atoms with Crippen molar-refractivity contribution in [2.45, 2.75) is 27.1 Å². The Morgan fingerprint density at radius 2 is 1.90 bits per heavy atom. The zero-order chi connectivity index (χ0) is 14.2. The summed E-state index contributed by atoms with van der Waals surface area (Å²) in [6, 6.07) is 4.05. The van der Waals surface area contributed by atoms with Crippen molar-refractivity contribution in [3.05, 3.63) is 18.3 Å². The third kappa shape index (κ3) is 2.82. The summed E-state index contributed by atoms with van der Waals surface area (Å²) in [4.78, 5) is 6.73. The molecule has 20 heavy (non-hydrogen) atoms. The topological polar surface area (TPSA) is 43.8 Å². The molecule has 1 aromatic rings. The fourth-order valence-electron chi connectivity index (χ4n) is 2.32. The molecule has 0 saturated carbocycles. The lowest BCUT2D eigenvalue weighted by Gasteiger charge is -2.42. The Labute approximate surface area is 120 Å². The van der Waals surface area contributed by atoms with E-state index in [9.17, 15) is 0 Å². The molecule has 0 aliphatic carbocycles. The lowest BCUT2D eigenvalue weighted by Crippen LogP contribution is -2.57. The lowest BCUT2D eigenvalue weighted by atomic mass is 9.75. The van der Waals surface area contributed by atoms with Crippen LogP contribution in [0.4, 0.5) is 5.82 Å². The van der Waals surface area contributed by atoms with Gasteiger partial charge in [-0.05, 0) is 6.07 Å². The summed E-state index contributed by atoms with van der Waals surface area (Å²) in [5, 5.41) is 0. The van der Waals surface area contributed by atoms with E-state index >= 15 is 0 Å². The van der Waals surface area contributed by atoms with Gasteiger partial charge < -0.3 is 18.9 Å². The maximum atomic E-state index is 5.78. The number of nitrogens with zero attached hydrogens (tertiary/aromatic N) is 2. The van der Waals surface area contributed by atoms with Crippen LogP contribution < -0.4 is 10.4 Å². The van der Waals surface area contributed by atoms with Gasteiger partial charge in [0.25, 0.3) is 0 Å². The molecule has 0 amide bonds. The SMILES string of the molecule is CC(C)(C)C1OB(c2ccc(N3CCOCC3)nc2)O1. The van der Waals surface area contributed by atoms with Gasteiger partial charge in [0, 0.05) is 30.2 Å². The molecular formula is C14H21BN2O3. The minimum Gasteiger partial charge on any atom is -0.382 e. The number of hydrogen-bond donors (Lipinski definition) is 0. The zero-order valence-electron chi connectivity index (χ0n) is 12.3. The van der Waals surface area contributed by atoms with Crippen molar-refractivity contribution in [3.63, 3.8) is 0 Å². The molecule has 2 aliphatic heterocycles. The fraction of sp³-hybridized carbons (Fsp3) is 0.643. The molecular weight excluding hydrogens is 255 g/mol. The molecule has 2 fully saturated rings. The van der Waals surface area contributed by atoms with Crippen molar-refractivity contribution >= 4 is 18.4 Å². The highest BCUT2D eigenvalue weighted by atomic mass is 16.8. The Morgan fingerprint density at radius 3 is 2.45 bits per heavy atom. The van der Waals surface area contributed by atoms with Crippen LogP contribution in [-0.2, 0) is 14.0 Å². The van der Waals surface area contributed by atoms with Gasteiger partial charge in [0.1, 0.15) is 12.1 Å².